The first-order valence-corrected chi connectivity index (χ1v) is 8.48. The molecule has 0 bridgehead atoms. The summed E-state index contributed by atoms with van der Waals surface area (Å²) in [5.74, 6) is 0.347. The third-order valence-corrected chi connectivity index (χ3v) is 4.03. The molecule has 5 nitrogen and oxygen atoms in total. The molecule has 23 heavy (non-hydrogen) atoms. The predicted molar refractivity (Wildman–Crippen MR) is 91.8 cm³/mol. The highest BCUT2D eigenvalue weighted by Crippen LogP contribution is 2.15. The second kappa shape index (κ2) is 7.97. The zero-order valence-electron chi connectivity index (χ0n) is 13.6. The van der Waals surface area contributed by atoms with Gasteiger partial charge in [-0.15, -0.1) is 10.2 Å². The Kier molecular flexibility index (Phi) is 5.98. The first-order valence-electron chi connectivity index (χ1n) is 7.66. The summed E-state index contributed by atoms with van der Waals surface area (Å²) < 4.78 is 0. The van der Waals surface area contributed by atoms with Gasteiger partial charge in [-0.3, -0.25) is 9.59 Å². The number of aromatic nitrogens is 2. The molecule has 1 aromatic carbocycles. The molecular formula is C17H21N3O2S. The second-order valence-electron chi connectivity index (χ2n) is 5.89. The first-order chi connectivity index (χ1) is 10.9. The Morgan fingerprint density at radius 2 is 1.83 bits per heavy atom. The molecule has 1 heterocycles. The van der Waals surface area contributed by atoms with Crippen LogP contribution in [0.5, 0.6) is 0 Å². The number of ketones is 1. The number of aryl methyl sites for hydroxylation is 1. The van der Waals surface area contributed by atoms with Crippen molar-refractivity contribution in [2.45, 2.75) is 40.0 Å². The Hall–Kier alpha value is -2.08. The third-order valence-electron chi connectivity index (χ3n) is 3.27. The van der Waals surface area contributed by atoms with Gasteiger partial charge in [0.2, 0.25) is 11.0 Å². The van der Waals surface area contributed by atoms with Crippen LogP contribution < -0.4 is 5.32 Å². The summed E-state index contributed by atoms with van der Waals surface area (Å²) in [5.41, 5.74) is 1.87. The lowest BCUT2D eigenvalue weighted by Crippen LogP contribution is -2.13. The van der Waals surface area contributed by atoms with Crippen LogP contribution >= 0.6 is 11.3 Å². The maximum Gasteiger partial charge on any atom is 0.226 e. The Morgan fingerprint density at radius 1 is 1.13 bits per heavy atom. The highest BCUT2D eigenvalue weighted by Gasteiger charge is 2.11. The highest BCUT2D eigenvalue weighted by molar-refractivity contribution is 7.15. The van der Waals surface area contributed by atoms with Crippen molar-refractivity contribution in [3.8, 4) is 0 Å². The minimum atomic E-state index is -0.217. The molecule has 0 atom stereocenters. The van der Waals surface area contributed by atoms with E-state index in [0.717, 1.165) is 11.4 Å². The number of anilines is 1. The van der Waals surface area contributed by atoms with Crippen molar-refractivity contribution in [2.24, 2.45) is 5.92 Å². The SMILES string of the molecule is Cc1nnc(NC(=O)CCC(=O)c2ccc(CC(C)C)cc2)s1. The van der Waals surface area contributed by atoms with Gasteiger partial charge in [-0.1, -0.05) is 49.4 Å². The first kappa shape index (κ1) is 17.3. The van der Waals surface area contributed by atoms with Gasteiger partial charge in [-0.05, 0) is 24.8 Å². The molecule has 0 saturated carbocycles. The largest absolute Gasteiger partial charge is 0.301 e. The zero-order chi connectivity index (χ0) is 16.8. The van der Waals surface area contributed by atoms with Crippen LogP contribution in [0.4, 0.5) is 5.13 Å². The number of amides is 1. The van der Waals surface area contributed by atoms with Gasteiger partial charge in [0.25, 0.3) is 0 Å². The van der Waals surface area contributed by atoms with Crippen LogP contribution in [0.15, 0.2) is 24.3 Å². The lowest BCUT2D eigenvalue weighted by molar-refractivity contribution is -0.116. The molecule has 2 aromatic rings. The lowest BCUT2D eigenvalue weighted by atomic mass is 9.99. The van der Waals surface area contributed by atoms with Crippen LogP contribution in [0.3, 0.4) is 0 Å². The summed E-state index contributed by atoms with van der Waals surface area (Å²) >= 11 is 1.31. The molecule has 0 radical (unpaired) electrons. The summed E-state index contributed by atoms with van der Waals surface area (Å²) in [7, 11) is 0. The Morgan fingerprint density at radius 3 is 2.39 bits per heavy atom. The predicted octanol–water partition coefficient (Wildman–Crippen LogP) is 3.65. The Bertz CT molecular complexity index is 677. The van der Waals surface area contributed by atoms with E-state index in [1.165, 1.54) is 16.9 Å². The third kappa shape index (κ3) is 5.56. The van der Waals surface area contributed by atoms with E-state index in [4.69, 9.17) is 0 Å². The van der Waals surface area contributed by atoms with E-state index in [9.17, 15) is 9.59 Å². The summed E-state index contributed by atoms with van der Waals surface area (Å²) in [6.07, 6.45) is 1.33. The van der Waals surface area contributed by atoms with Gasteiger partial charge in [0.05, 0.1) is 0 Å². The summed E-state index contributed by atoms with van der Waals surface area (Å²) in [4.78, 5) is 23.9. The molecule has 0 aliphatic rings. The summed E-state index contributed by atoms with van der Waals surface area (Å²) in [6, 6.07) is 7.65. The van der Waals surface area contributed by atoms with E-state index in [1.54, 1.807) is 0 Å². The lowest BCUT2D eigenvalue weighted by Gasteiger charge is -2.06. The van der Waals surface area contributed by atoms with Gasteiger partial charge in [-0.25, -0.2) is 0 Å². The van der Waals surface area contributed by atoms with Gasteiger partial charge in [0.1, 0.15) is 5.01 Å². The molecule has 1 aromatic heterocycles. The van der Waals surface area contributed by atoms with Crippen molar-refractivity contribution in [3.63, 3.8) is 0 Å². The molecule has 0 aliphatic heterocycles. The van der Waals surface area contributed by atoms with Crippen LogP contribution in [-0.2, 0) is 11.2 Å². The molecule has 1 amide bonds. The average Bonchev–Trinajstić information content (AvgIpc) is 2.90. The minimum absolute atomic E-state index is 0.0234. The van der Waals surface area contributed by atoms with E-state index >= 15 is 0 Å². The molecule has 0 fully saturated rings. The summed E-state index contributed by atoms with van der Waals surface area (Å²) in [6.45, 7) is 6.15. The number of rotatable bonds is 7. The van der Waals surface area contributed by atoms with Crippen LogP contribution in [0.2, 0.25) is 0 Å². The van der Waals surface area contributed by atoms with Gasteiger partial charge < -0.3 is 5.32 Å². The molecule has 6 heteroatoms. The molecule has 2 rings (SSSR count). The van der Waals surface area contributed by atoms with Gasteiger partial charge in [0, 0.05) is 18.4 Å². The fraction of sp³-hybridized carbons (Fsp3) is 0.412. The van der Waals surface area contributed by atoms with Crippen molar-refractivity contribution in [3.05, 3.63) is 40.4 Å². The number of carbonyl (C=O) groups excluding carboxylic acids is 2. The van der Waals surface area contributed by atoms with Crippen LogP contribution in [-0.4, -0.2) is 21.9 Å². The molecule has 0 spiro atoms. The number of Topliss-reactive ketones (excluding diaryl/α,β-unsaturated/α-hetero) is 1. The van der Waals surface area contributed by atoms with E-state index in [2.05, 4.69) is 29.4 Å². The average molecular weight is 331 g/mol. The minimum Gasteiger partial charge on any atom is -0.301 e. The van der Waals surface area contributed by atoms with Crippen LogP contribution in [0.25, 0.3) is 0 Å². The number of hydrogen-bond donors (Lipinski definition) is 1. The molecule has 122 valence electrons. The maximum atomic E-state index is 12.1. The fourth-order valence-corrected chi connectivity index (χ4v) is 2.81. The van der Waals surface area contributed by atoms with E-state index in [-0.39, 0.29) is 24.5 Å². The normalized spacial score (nSPS) is 10.8. The zero-order valence-corrected chi connectivity index (χ0v) is 14.4. The van der Waals surface area contributed by atoms with Crippen LogP contribution in [0.1, 0.15) is 47.6 Å². The van der Waals surface area contributed by atoms with Crippen molar-refractivity contribution in [1.29, 1.82) is 0 Å². The smallest absolute Gasteiger partial charge is 0.226 e. The number of carbonyl (C=O) groups is 2. The number of benzene rings is 1. The van der Waals surface area contributed by atoms with Gasteiger partial charge in [0.15, 0.2) is 5.78 Å². The van der Waals surface area contributed by atoms with E-state index in [0.29, 0.717) is 16.6 Å². The van der Waals surface area contributed by atoms with Crippen molar-refractivity contribution < 1.29 is 9.59 Å². The molecule has 0 saturated heterocycles. The van der Waals surface area contributed by atoms with E-state index < -0.39 is 0 Å². The Balaban J connectivity index is 1.83. The van der Waals surface area contributed by atoms with Crippen LogP contribution in [0, 0.1) is 12.8 Å². The number of hydrogen-bond acceptors (Lipinski definition) is 5. The number of nitrogens with one attached hydrogen (secondary N) is 1. The second-order valence-corrected chi connectivity index (χ2v) is 7.07. The maximum absolute atomic E-state index is 12.1. The monoisotopic (exact) mass is 331 g/mol. The Labute approximate surface area is 140 Å². The molecule has 1 N–H and O–H groups in total. The highest BCUT2D eigenvalue weighted by atomic mass is 32.1. The van der Waals surface area contributed by atoms with Gasteiger partial charge >= 0.3 is 0 Å². The van der Waals surface area contributed by atoms with E-state index in [1.807, 2.05) is 31.2 Å². The van der Waals surface area contributed by atoms with Crippen molar-refractivity contribution in [2.75, 3.05) is 5.32 Å². The van der Waals surface area contributed by atoms with Crippen molar-refractivity contribution >= 4 is 28.2 Å². The number of nitrogens with zero attached hydrogens (tertiary/aromatic N) is 2. The van der Waals surface area contributed by atoms with Gasteiger partial charge in [-0.2, -0.15) is 0 Å². The molecular weight excluding hydrogens is 310 g/mol. The van der Waals surface area contributed by atoms with Crippen molar-refractivity contribution in [1.82, 2.24) is 10.2 Å². The molecule has 0 unspecified atom stereocenters. The quantitative estimate of drug-likeness (QED) is 0.786. The summed E-state index contributed by atoms with van der Waals surface area (Å²) in [5, 5.41) is 11.6. The standard InChI is InChI=1S/C17H21N3O2S/c1-11(2)10-13-4-6-14(7-5-13)15(21)8-9-16(22)18-17-20-19-12(3)23-17/h4-7,11H,8-10H2,1-3H3,(H,18,20,22). The molecule has 0 aliphatic carbocycles. The topological polar surface area (TPSA) is 72.0 Å². The fourth-order valence-electron chi connectivity index (χ4n) is 2.20.